The molecule has 0 aliphatic rings. The van der Waals surface area contributed by atoms with Gasteiger partial charge < -0.3 is 20.4 Å². The molecule has 0 bridgehead atoms. The first kappa shape index (κ1) is 11.2. The van der Waals surface area contributed by atoms with Crippen LogP contribution in [0.1, 0.15) is 0 Å². The Balaban J connectivity index is 4.19. The third-order valence-electron chi connectivity index (χ3n) is 1.19. The van der Waals surface area contributed by atoms with Gasteiger partial charge in [-0.15, -0.1) is 0 Å². The van der Waals surface area contributed by atoms with E-state index in [2.05, 4.69) is 0 Å². The van der Waals surface area contributed by atoms with Gasteiger partial charge in [-0.25, -0.2) is 0 Å². The summed E-state index contributed by atoms with van der Waals surface area (Å²) in [6, 6.07) is 0. The van der Waals surface area contributed by atoms with Crippen LogP contribution in [-0.2, 0) is 9.59 Å². The van der Waals surface area contributed by atoms with Crippen molar-refractivity contribution in [3.63, 3.8) is 0 Å². The van der Waals surface area contributed by atoms with Gasteiger partial charge in [0.1, 0.15) is 12.2 Å². The van der Waals surface area contributed by atoms with Crippen molar-refractivity contribution in [2.24, 2.45) is 0 Å². The number of ketones is 2. The molecule has 6 nitrogen and oxygen atoms in total. The predicted molar refractivity (Wildman–Crippen MR) is 36.2 cm³/mol. The van der Waals surface area contributed by atoms with Crippen molar-refractivity contribution in [2.45, 2.75) is 12.2 Å². The third kappa shape index (κ3) is 2.67. The first-order valence-corrected chi connectivity index (χ1v) is 3.20. The van der Waals surface area contributed by atoms with Gasteiger partial charge in [-0.05, 0) is 0 Å². The lowest BCUT2D eigenvalue weighted by atomic mass is 10.1. The number of aliphatic hydroxyl groups is 4. The summed E-state index contributed by atoms with van der Waals surface area (Å²) in [5.74, 6) is -2.61. The average Bonchev–Trinajstić information content (AvgIpc) is 2.12. The number of hydrogen-bond donors (Lipinski definition) is 4. The van der Waals surface area contributed by atoms with E-state index in [1.54, 1.807) is 0 Å². The van der Waals surface area contributed by atoms with Crippen molar-refractivity contribution < 1.29 is 30.0 Å². The quantitative estimate of drug-likeness (QED) is 0.330. The number of aliphatic hydroxyl groups excluding tert-OH is 4. The van der Waals surface area contributed by atoms with Gasteiger partial charge >= 0.3 is 0 Å². The first-order chi connectivity index (χ1) is 5.54. The zero-order valence-electron chi connectivity index (χ0n) is 6.17. The standard InChI is InChI=1S/C6H10O6/c7-1-3(9)5(11)6(12)4(10)2-8/h3-4,7-10H,1-2H2/t3-,4-/m1/s1. The van der Waals surface area contributed by atoms with Gasteiger partial charge in [0.25, 0.3) is 0 Å². The maximum absolute atomic E-state index is 10.6. The van der Waals surface area contributed by atoms with E-state index in [0.29, 0.717) is 0 Å². The third-order valence-corrected chi connectivity index (χ3v) is 1.19. The Hall–Kier alpha value is -0.820. The van der Waals surface area contributed by atoms with Crippen LogP contribution < -0.4 is 0 Å². The Labute approximate surface area is 68.1 Å². The lowest BCUT2D eigenvalue weighted by molar-refractivity contribution is -0.148. The Morgan fingerprint density at radius 1 is 0.917 bits per heavy atom. The number of hydrogen-bond acceptors (Lipinski definition) is 6. The molecular formula is C6H10O6. The highest BCUT2D eigenvalue weighted by Crippen LogP contribution is 1.92. The van der Waals surface area contributed by atoms with Crippen molar-refractivity contribution in [1.82, 2.24) is 0 Å². The summed E-state index contributed by atoms with van der Waals surface area (Å²) < 4.78 is 0. The second-order valence-electron chi connectivity index (χ2n) is 2.13. The summed E-state index contributed by atoms with van der Waals surface area (Å²) in [6.07, 6.45) is -3.64. The lowest BCUT2D eigenvalue weighted by Gasteiger charge is -2.07. The summed E-state index contributed by atoms with van der Waals surface area (Å²) in [5.41, 5.74) is 0. The highest BCUT2D eigenvalue weighted by atomic mass is 16.3. The van der Waals surface area contributed by atoms with E-state index >= 15 is 0 Å². The molecule has 0 fully saturated rings. The molecule has 0 unspecified atom stereocenters. The summed E-state index contributed by atoms with van der Waals surface area (Å²) in [5, 5.41) is 33.7. The van der Waals surface area contributed by atoms with Crippen molar-refractivity contribution >= 4 is 11.6 Å². The van der Waals surface area contributed by atoms with Crippen LogP contribution in [0.4, 0.5) is 0 Å². The lowest BCUT2D eigenvalue weighted by Crippen LogP contribution is -2.39. The van der Waals surface area contributed by atoms with Gasteiger partial charge in [0.15, 0.2) is 0 Å². The summed E-state index contributed by atoms with van der Waals surface area (Å²) in [7, 11) is 0. The second kappa shape index (κ2) is 4.94. The van der Waals surface area contributed by atoms with E-state index in [1.165, 1.54) is 0 Å². The average molecular weight is 178 g/mol. The molecule has 2 atom stereocenters. The molecule has 0 heterocycles. The monoisotopic (exact) mass is 178 g/mol. The molecule has 4 N–H and O–H groups in total. The van der Waals surface area contributed by atoms with Crippen LogP contribution in [0.25, 0.3) is 0 Å². The van der Waals surface area contributed by atoms with Crippen molar-refractivity contribution in [3.8, 4) is 0 Å². The van der Waals surface area contributed by atoms with Crippen LogP contribution in [0.5, 0.6) is 0 Å². The minimum Gasteiger partial charge on any atom is -0.393 e. The van der Waals surface area contributed by atoms with Gasteiger partial charge in [-0.2, -0.15) is 0 Å². The normalized spacial score (nSPS) is 15.3. The summed E-state index contributed by atoms with van der Waals surface area (Å²) >= 11 is 0. The molecule has 0 aromatic carbocycles. The van der Waals surface area contributed by atoms with E-state index in [-0.39, 0.29) is 0 Å². The zero-order valence-corrected chi connectivity index (χ0v) is 6.17. The Morgan fingerprint density at radius 3 is 1.33 bits per heavy atom. The molecule has 0 aromatic heterocycles. The molecule has 0 spiro atoms. The van der Waals surface area contributed by atoms with Gasteiger partial charge in [-0.3, -0.25) is 9.59 Å². The molecule has 0 aliphatic heterocycles. The van der Waals surface area contributed by atoms with E-state index in [1.807, 2.05) is 0 Å². The number of Topliss-reactive ketones (excluding diaryl/α,β-unsaturated/α-hetero) is 2. The SMILES string of the molecule is O=C(C(=O)[C@H](O)CO)[C@H](O)CO. The first-order valence-electron chi connectivity index (χ1n) is 3.20. The topological polar surface area (TPSA) is 115 Å². The van der Waals surface area contributed by atoms with E-state index in [9.17, 15) is 9.59 Å². The van der Waals surface area contributed by atoms with E-state index in [0.717, 1.165) is 0 Å². The van der Waals surface area contributed by atoms with Gasteiger partial charge in [-0.1, -0.05) is 0 Å². The second-order valence-corrected chi connectivity index (χ2v) is 2.13. The van der Waals surface area contributed by atoms with Crippen LogP contribution in [0.15, 0.2) is 0 Å². The van der Waals surface area contributed by atoms with E-state index in [4.69, 9.17) is 20.4 Å². The minimum atomic E-state index is -1.82. The van der Waals surface area contributed by atoms with Crippen molar-refractivity contribution in [2.75, 3.05) is 13.2 Å². The molecule has 0 amide bonds. The molecule has 0 aromatic rings. The van der Waals surface area contributed by atoms with Gasteiger partial charge in [0.05, 0.1) is 13.2 Å². The number of rotatable bonds is 5. The van der Waals surface area contributed by atoms with Crippen LogP contribution in [0.2, 0.25) is 0 Å². The predicted octanol–water partition coefficient (Wildman–Crippen LogP) is -3.17. The molecule has 6 heteroatoms. The molecule has 70 valence electrons. The highest BCUT2D eigenvalue weighted by molar-refractivity contribution is 6.40. The fourth-order valence-electron chi connectivity index (χ4n) is 0.494. The molecule has 0 rings (SSSR count). The Bertz CT molecular complexity index is 157. The van der Waals surface area contributed by atoms with E-state index < -0.39 is 37.0 Å². The largest absolute Gasteiger partial charge is 0.393 e. The van der Waals surface area contributed by atoms with Crippen molar-refractivity contribution in [1.29, 1.82) is 0 Å². The molecular weight excluding hydrogens is 168 g/mol. The molecule has 12 heavy (non-hydrogen) atoms. The Morgan fingerprint density at radius 2 is 1.17 bits per heavy atom. The van der Waals surface area contributed by atoms with Crippen LogP contribution in [0, 0.1) is 0 Å². The molecule has 0 aliphatic carbocycles. The van der Waals surface area contributed by atoms with Crippen LogP contribution >= 0.6 is 0 Å². The summed E-state index contributed by atoms with van der Waals surface area (Å²) in [6.45, 7) is -1.77. The maximum atomic E-state index is 10.6. The fourth-order valence-corrected chi connectivity index (χ4v) is 0.494. The molecule has 0 radical (unpaired) electrons. The van der Waals surface area contributed by atoms with Crippen LogP contribution in [0.3, 0.4) is 0 Å². The number of carbonyl (C=O) groups excluding carboxylic acids is 2. The zero-order chi connectivity index (χ0) is 9.72. The Kier molecular flexibility index (Phi) is 4.60. The fraction of sp³-hybridized carbons (Fsp3) is 0.667. The maximum Gasteiger partial charge on any atom is 0.231 e. The van der Waals surface area contributed by atoms with Gasteiger partial charge in [0.2, 0.25) is 11.6 Å². The molecule has 0 saturated heterocycles. The van der Waals surface area contributed by atoms with Gasteiger partial charge in [0, 0.05) is 0 Å². The molecule has 0 saturated carbocycles. The van der Waals surface area contributed by atoms with Crippen LogP contribution in [-0.4, -0.2) is 57.4 Å². The highest BCUT2D eigenvalue weighted by Gasteiger charge is 2.27. The summed E-state index contributed by atoms with van der Waals surface area (Å²) in [4.78, 5) is 21.3. The number of carbonyl (C=O) groups is 2. The minimum absolute atomic E-state index is 0.886. The smallest absolute Gasteiger partial charge is 0.231 e. The van der Waals surface area contributed by atoms with Crippen molar-refractivity contribution in [3.05, 3.63) is 0 Å².